The van der Waals surface area contributed by atoms with Crippen molar-refractivity contribution in [3.8, 4) is 17.2 Å². The summed E-state index contributed by atoms with van der Waals surface area (Å²) in [5, 5.41) is 79.4. The Morgan fingerprint density at radius 2 is 1.35 bits per heavy atom. The quantitative estimate of drug-likeness (QED) is 0.0264. The predicted octanol–water partition coefficient (Wildman–Crippen LogP) is 2.99. The number of aromatic nitrogens is 1. The van der Waals surface area contributed by atoms with Crippen LogP contribution in [-0.2, 0) is 36.8 Å². The molecule has 28 nitrogen and oxygen atoms in total. The summed E-state index contributed by atoms with van der Waals surface area (Å²) in [5.74, 6) is -2.88. The van der Waals surface area contributed by atoms with Gasteiger partial charge in [0.25, 0.3) is 5.56 Å². The molecule has 0 saturated carbocycles. The third-order valence-corrected chi connectivity index (χ3v) is 13.6. The molecule has 1 aliphatic rings. The molecule has 5 rings (SSSR count). The van der Waals surface area contributed by atoms with Gasteiger partial charge in [-0.15, -0.1) is 0 Å². The highest BCUT2D eigenvalue weighted by atomic mass is 35.5. The Hall–Kier alpha value is -8.03. The van der Waals surface area contributed by atoms with Crippen LogP contribution in [0.15, 0.2) is 77.7 Å². The lowest BCUT2D eigenvalue weighted by Crippen LogP contribution is -2.53. The summed E-state index contributed by atoms with van der Waals surface area (Å²) in [6.45, 7) is 0.394. The van der Waals surface area contributed by atoms with Crippen molar-refractivity contribution in [2.45, 2.75) is 38.4 Å². The number of thiocarbonyl (C=S) groups is 1. The SMILES string of the molecule is Cc1cn(Cc2c(Cl)cccc2OCCO)c(=O)c(NC(=O)N[C@@H](CC(=O)O)c2cccc(OCCO)c2)c1OCCOCCOCCNC(=S)Nc1ccc(CC2CN(CC(=O)O)CCN(C(=O)O)CCN(C(=O)O)CCN2CC(=O)O)cc1. The second kappa shape index (κ2) is 35.3. The van der Waals surface area contributed by atoms with E-state index in [1.807, 2.05) is 0 Å². The lowest BCUT2D eigenvalue weighted by molar-refractivity contribution is -0.141. The first-order chi connectivity index (χ1) is 40.7. The van der Waals surface area contributed by atoms with Gasteiger partial charge in [0.1, 0.15) is 31.3 Å². The van der Waals surface area contributed by atoms with E-state index in [0.29, 0.717) is 40.4 Å². The van der Waals surface area contributed by atoms with Crippen LogP contribution in [0.1, 0.15) is 34.7 Å². The number of aliphatic carboxylic acids is 3. The zero-order chi connectivity index (χ0) is 61.8. The van der Waals surface area contributed by atoms with Gasteiger partial charge in [-0.05, 0) is 73.1 Å². The Bertz CT molecular complexity index is 2940. The highest BCUT2D eigenvalue weighted by Gasteiger charge is 2.29. The lowest BCUT2D eigenvalue weighted by atomic mass is 10.0. The smallest absolute Gasteiger partial charge is 0.407 e. The van der Waals surface area contributed by atoms with Gasteiger partial charge in [0.2, 0.25) is 0 Å². The molecule has 0 bridgehead atoms. The van der Waals surface area contributed by atoms with Crippen molar-refractivity contribution in [2.24, 2.45) is 0 Å². The number of ether oxygens (including phenoxy) is 5. The number of benzene rings is 3. The van der Waals surface area contributed by atoms with Crippen LogP contribution in [-0.4, -0.2) is 232 Å². The highest BCUT2D eigenvalue weighted by Crippen LogP contribution is 2.31. The number of pyridine rings is 1. The molecule has 2 atom stereocenters. The first kappa shape index (κ1) is 67.8. The van der Waals surface area contributed by atoms with Crippen molar-refractivity contribution >= 4 is 76.4 Å². The molecule has 3 aromatic carbocycles. The molecule has 0 radical (unpaired) electrons. The van der Waals surface area contributed by atoms with Crippen LogP contribution >= 0.6 is 23.8 Å². The number of carbonyl (C=O) groups is 6. The number of carbonyl (C=O) groups excluding carboxylic acids is 1. The number of amides is 4. The largest absolute Gasteiger partial charge is 0.491 e. The van der Waals surface area contributed by atoms with Crippen molar-refractivity contribution in [3.63, 3.8) is 0 Å². The van der Waals surface area contributed by atoms with E-state index in [1.165, 1.54) is 16.8 Å². The summed E-state index contributed by atoms with van der Waals surface area (Å²) in [5.41, 5.74) is 1.61. The second-order valence-corrected chi connectivity index (χ2v) is 20.0. The monoisotopic (exact) mass is 1230 g/mol. The van der Waals surface area contributed by atoms with Crippen molar-refractivity contribution in [1.29, 1.82) is 0 Å². The fourth-order valence-corrected chi connectivity index (χ4v) is 9.41. The van der Waals surface area contributed by atoms with Crippen LogP contribution < -0.4 is 41.0 Å². The number of anilines is 2. The standard InChI is InChI=1S/C55H72ClN9O19S/c1-36-31-65(33-42-43(56)6-3-7-45(42)83-23-20-67)51(74)49(60-52(75)59-44(30-46(68)69)38-4-2-5-41(29-38)82-22-19-66)50(36)84-27-26-81-25-24-80-21-12-57-53(85)58-39-10-8-37(9-11-39)28-40-32-61(34-47(70)71)13-14-62(54(76)77)15-16-63(55(78)79)17-18-64(40)35-48(72)73/h2-11,29,31,40,44,66-67H,12-28,30,32-35H2,1H3,(H,68,69)(H,70,71)(H,72,73)(H,76,77)(H,78,79)(H2,57,58,85)(H2,59,60,75)/t40?,44-/m0/s1. The number of halogens is 1. The zero-order valence-corrected chi connectivity index (χ0v) is 48.3. The predicted molar refractivity (Wildman–Crippen MR) is 313 cm³/mol. The number of nitrogens with zero attached hydrogens (tertiary/aromatic N) is 5. The molecule has 0 spiro atoms. The molecule has 1 saturated heterocycles. The number of carboxylic acids is 3. The summed E-state index contributed by atoms with van der Waals surface area (Å²) in [7, 11) is 0. The first-order valence-electron chi connectivity index (χ1n) is 26.9. The van der Waals surface area contributed by atoms with E-state index in [0.717, 1.165) is 15.4 Å². The molecule has 1 aliphatic heterocycles. The normalized spacial score (nSPS) is 14.7. The van der Waals surface area contributed by atoms with Gasteiger partial charge in [-0.3, -0.25) is 29.0 Å². The van der Waals surface area contributed by atoms with Gasteiger partial charge in [-0.25, -0.2) is 14.4 Å². The average molecular weight is 1230 g/mol. The minimum absolute atomic E-state index is 0.00394. The van der Waals surface area contributed by atoms with E-state index in [9.17, 15) is 69.3 Å². The highest BCUT2D eigenvalue weighted by molar-refractivity contribution is 7.80. The molecule has 1 unspecified atom stereocenters. The molecule has 4 aromatic rings. The van der Waals surface area contributed by atoms with Gasteiger partial charge < -0.3 is 95.1 Å². The van der Waals surface area contributed by atoms with Crippen molar-refractivity contribution < 1.29 is 88.2 Å². The van der Waals surface area contributed by atoms with Gasteiger partial charge in [-0.2, -0.15) is 0 Å². The molecule has 11 N–H and O–H groups in total. The number of nitrogens with one attached hydrogen (secondary N) is 4. The third-order valence-electron chi connectivity index (χ3n) is 13.0. The number of carboxylic acid groups (broad SMARTS) is 5. The average Bonchev–Trinajstić information content (AvgIpc) is 2.74. The zero-order valence-electron chi connectivity index (χ0n) is 46.7. The van der Waals surface area contributed by atoms with Crippen molar-refractivity contribution in [3.05, 3.63) is 111 Å². The fraction of sp³-hybridized carbons (Fsp3) is 0.455. The molecule has 85 heavy (non-hydrogen) atoms. The van der Waals surface area contributed by atoms with Crippen LogP contribution in [0, 0.1) is 6.92 Å². The first-order valence-corrected chi connectivity index (χ1v) is 27.7. The number of hydrogen-bond donors (Lipinski definition) is 11. The van der Waals surface area contributed by atoms with Crippen LogP contribution in [0.25, 0.3) is 0 Å². The molecular formula is C55H72ClN9O19S. The van der Waals surface area contributed by atoms with Crippen LogP contribution in [0.4, 0.5) is 25.8 Å². The number of hydrogen-bond acceptors (Lipinski definition) is 17. The van der Waals surface area contributed by atoms with E-state index in [2.05, 4.69) is 21.3 Å². The van der Waals surface area contributed by atoms with E-state index < -0.39 is 73.3 Å². The van der Waals surface area contributed by atoms with Crippen molar-refractivity contribution in [2.75, 3.05) is 136 Å². The van der Waals surface area contributed by atoms with E-state index >= 15 is 0 Å². The molecule has 2 heterocycles. The van der Waals surface area contributed by atoms with Gasteiger partial charge >= 0.3 is 36.1 Å². The van der Waals surface area contributed by atoms with Gasteiger partial charge in [-0.1, -0.05) is 41.9 Å². The Balaban J connectivity index is 1.14. The number of aryl methyl sites for hydroxylation is 1. The van der Waals surface area contributed by atoms with Crippen LogP contribution in [0.5, 0.6) is 17.2 Å². The molecule has 1 aromatic heterocycles. The van der Waals surface area contributed by atoms with Gasteiger partial charge in [0.05, 0.1) is 71.7 Å². The van der Waals surface area contributed by atoms with Crippen molar-refractivity contribution in [1.82, 2.24) is 34.8 Å². The van der Waals surface area contributed by atoms with Gasteiger partial charge in [0, 0.05) is 86.4 Å². The molecule has 0 aliphatic carbocycles. The summed E-state index contributed by atoms with van der Waals surface area (Å²) < 4.78 is 29.9. The van der Waals surface area contributed by atoms with E-state index in [1.54, 1.807) is 77.4 Å². The number of aliphatic hydroxyl groups excluding tert-OH is 2. The summed E-state index contributed by atoms with van der Waals surface area (Å²) in [6.07, 6.45) is -1.36. The molecular weight excluding hydrogens is 1160 g/mol. The minimum atomic E-state index is -1.29. The Kier molecular flexibility index (Phi) is 28.1. The number of rotatable bonds is 30. The maximum Gasteiger partial charge on any atom is 0.407 e. The number of urea groups is 1. The molecule has 30 heteroatoms. The van der Waals surface area contributed by atoms with Crippen LogP contribution in [0.3, 0.4) is 0 Å². The Morgan fingerprint density at radius 1 is 0.718 bits per heavy atom. The fourth-order valence-electron chi connectivity index (χ4n) is 8.96. The van der Waals surface area contributed by atoms with E-state index in [4.69, 9.17) is 47.5 Å². The maximum atomic E-state index is 14.3. The second-order valence-electron chi connectivity index (χ2n) is 19.2. The van der Waals surface area contributed by atoms with Crippen LogP contribution in [0.2, 0.25) is 5.02 Å². The molecule has 464 valence electrons. The van der Waals surface area contributed by atoms with Gasteiger partial charge in [0.15, 0.2) is 16.5 Å². The molecule has 4 amide bonds. The number of aliphatic hydroxyl groups is 2. The summed E-state index contributed by atoms with van der Waals surface area (Å²) in [4.78, 5) is 93.1. The minimum Gasteiger partial charge on any atom is -0.491 e. The molecule has 1 fully saturated rings. The summed E-state index contributed by atoms with van der Waals surface area (Å²) >= 11 is 12.0. The lowest BCUT2D eigenvalue weighted by Gasteiger charge is -2.37. The maximum absolute atomic E-state index is 14.3. The topological polar surface area (TPSA) is 373 Å². The summed E-state index contributed by atoms with van der Waals surface area (Å²) in [6, 6.07) is 15.7. The Labute approximate surface area is 499 Å². The Morgan fingerprint density at radius 3 is 2.01 bits per heavy atom. The third kappa shape index (κ3) is 23.2. The van der Waals surface area contributed by atoms with E-state index in [-0.39, 0.29) is 140 Å².